The summed E-state index contributed by atoms with van der Waals surface area (Å²) in [5.74, 6) is -0.756. The first-order chi connectivity index (χ1) is 12.9. The zero-order chi connectivity index (χ0) is 19.6. The molecule has 0 amide bonds. The number of unbranched alkanes of at least 4 members (excludes halogenated alkanes) is 3. The molecule has 2 aromatic rings. The van der Waals surface area contributed by atoms with Gasteiger partial charge in [0.25, 0.3) is 0 Å². The van der Waals surface area contributed by atoms with Gasteiger partial charge in [-0.1, -0.05) is 37.8 Å². The van der Waals surface area contributed by atoms with Crippen molar-refractivity contribution in [1.29, 1.82) is 0 Å². The largest absolute Gasteiger partial charge is 0.481 e. The van der Waals surface area contributed by atoms with E-state index in [4.69, 9.17) is 11.6 Å². The molecule has 0 saturated heterocycles. The minimum atomic E-state index is -0.818. The third kappa shape index (κ3) is 4.37. The molecule has 146 valence electrons. The SMILES string of the molecule is CCCCCCc1c(C(=O)CC2(CC(=O)O)CC2)c2cc(Cl)ccc2n1C. The zero-order valence-corrected chi connectivity index (χ0v) is 16.9. The molecular weight excluding hydrogens is 362 g/mol. The molecule has 0 bridgehead atoms. The van der Waals surface area contributed by atoms with Crippen LogP contribution in [-0.2, 0) is 18.3 Å². The molecule has 1 aromatic carbocycles. The van der Waals surface area contributed by atoms with Crippen LogP contribution in [0.3, 0.4) is 0 Å². The van der Waals surface area contributed by atoms with Crippen LogP contribution in [0.1, 0.15) is 74.3 Å². The Morgan fingerprint density at radius 3 is 2.56 bits per heavy atom. The van der Waals surface area contributed by atoms with E-state index in [2.05, 4.69) is 11.5 Å². The van der Waals surface area contributed by atoms with Gasteiger partial charge in [0.05, 0.1) is 6.42 Å². The second-order valence-electron chi connectivity index (χ2n) is 8.02. The highest BCUT2D eigenvalue weighted by Gasteiger charge is 2.46. The average molecular weight is 390 g/mol. The van der Waals surface area contributed by atoms with Crippen LogP contribution in [0.2, 0.25) is 5.02 Å². The van der Waals surface area contributed by atoms with Gasteiger partial charge in [-0.05, 0) is 49.3 Å². The predicted molar refractivity (Wildman–Crippen MR) is 109 cm³/mol. The summed E-state index contributed by atoms with van der Waals surface area (Å²) in [6, 6.07) is 5.69. The van der Waals surface area contributed by atoms with Crippen LogP contribution in [-0.4, -0.2) is 21.4 Å². The van der Waals surface area contributed by atoms with Crippen LogP contribution in [0.5, 0.6) is 0 Å². The van der Waals surface area contributed by atoms with Gasteiger partial charge < -0.3 is 9.67 Å². The van der Waals surface area contributed by atoms with E-state index in [-0.39, 0.29) is 17.6 Å². The fourth-order valence-corrected chi connectivity index (χ4v) is 4.31. The van der Waals surface area contributed by atoms with E-state index in [1.807, 2.05) is 25.2 Å². The molecule has 0 aliphatic heterocycles. The van der Waals surface area contributed by atoms with E-state index in [0.717, 1.165) is 54.3 Å². The summed E-state index contributed by atoms with van der Waals surface area (Å²) >= 11 is 6.22. The Morgan fingerprint density at radius 2 is 1.93 bits per heavy atom. The first kappa shape index (κ1) is 19.9. The van der Waals surface area contributed by atoms with E-state index in [1.54, 1.807) is 0 Å². The number of halogens is 1. The normalized spacial score (nSPS) is 15.2. The highest BCUT2D eigenvalue weighted by molar-refractivity contribution is 6.31. The highest BCUT2D eigenvalue weighted by Crippen LogP contribution is 2.52. The molecule has 0 atom stereocenters. The molecule has 4 nitrogen and oxygen atoms in total. The molecule has 27 heavy (non-hydrogen) atoms. The van der Waals surface area contributed by atoms with E-state index < -0.39 is 5.97 Å². The van der Waals surface area contributed by atoms with Crippen molar-refractivity contribution in [2.75, 3.05) is 0 Å². The summed E-state index contributed by atoms with van der Waals surface area (Å²) in [5.41, 5.74) is 2.47. The van der Waals surface area contributed by atoms with E-state index in [0.29, 0.717) is 11.4 Å². The smallest absolute Gasteiger partial charge is 0.303 e. The molecule has 3 rings (SSSR count). The van der Waals surface area contributed by atoms with Gasteiger partial charge in [-0.25, -0.2) is 0 Å². The predicted octanol–water partition coefficient (Wildman–Crippen LogP) is 5.78. The first-order valence-corrected chi connectivity index (χ1v) is 10.3. The standard InChI is InChI=1S/C22H28ClNO3/c1-3-4-5-6-7-18-21(16-12-15(23)8-9-17(16)24(18)2)19(25)13-22(10-11-22)14-20(26)27/h8-9,12H,3-7,10-11,13-14H2,1-2H3,(H,26,27). The quantitative estimate of drug-likeness (QED) is 0.413. The van der Waals surface area contributed by atoms with Gasteiger partial charge >= 0.3 is 5.97 Å². The number of nitrogens with zero attached hydrogens (tertiary/aromatic N) is 1. The average Bonchev–Trinajstić information content (AvgIpc) is 3.28. The van der Waals surface area contributed by atoms with E-state index >= 15 is 0 Å². The number of hydrogen-bond donors (Lipinski definition) is 1. The van der Waals surface area contributed by atoms with Crippen molar-refractivity contribution in [3.8, 4) is 0 Å². The lowest BCUT2D eigenvalue weighted by Crippen LogP contribution is -2.15. The van der Waals surface area contributed by atoms with Gasteiger partial charge in [-0.3, -0.25) is 9.59 Å². The van der Waals surface area contributed by atoms with Crippen molar-refractivity contribution in [2.45, 2.75) is 64.7 Å². The lowest BCUT2D eigenvalue weighted by atomic mass is 9.90. The Labute approximate surface area is 165 Å². The van der Waals surface area contributed by atoms with E-state index in [9.17, 15) is 14.7 Å². The lowest BCUT2D eigenvalue weighted by molar-refractivity contribution is -0.138. The molecular formula is C22H28ClNO3. The van der Waals surface area contributed by atoms with Crippen LogP contribution in [0.4, 0.5) is 0 Å². The number of aliphatic carboxylic acids is 1. The zero-order valence-electron chi connectivity index (χ0n) is 16.2. The topological polar surface area (TPSA) is 59.3 Å². The highest BCUT2D eigenvalue weighted by atomic mass is 35.5. The number of carbonyl (C=O) groups is 2. The van der Waals surface area contributed by atoms with Crippen LogP contribution < -0.4 is 0 Å². The Morgan fingerprint density at radius 1 is 1.19 bits per heavy atom. The van der Waals surface area contributed by atoms with Crippen molar-refractivity contribution in [3.05, 3.63) is 34.5 Å². The summed E-state index contributed by atoms with van der Waals surface area (Å²) in [6.07, 6.45) is 7.46. The monoisotopic (exact) mass is 389 g/mol. The second kappa shape index (κ2) is 8.05. The van der Waals surface area contributed by atoms with Crippen LogP contribution in [0, 0.1) is 5.41 Å². The van der Waals surface area contributed by atoms with Gasteiger partial charge in [0.1, 0.15) is 0 Å². The van der Waals surface area contributed by atoms with Crippen molar-refractivity contribution in [2.24, 2.45) is 12.5 Å². The summed E-state index contributed by atoms with van der Waals surface area (Å²) in [7, 11) is 2.01. The number of carboxylic acid groups (broad SMARTS) is 1. The molecule has 1 saturated carbocycles. The number of aryl methyl sites for hydroxylation is 1. The molecule has 1 aromatic heterocycles. The van der Waals surface area contributed by atoms with Crippen molar-refractivity contribution in [3.63, 3.8) is 0 Å². The molecule has 1 aliphatic rings. The van der Waals surface area contributed by atoms with Crippen LogP contribution in [0.15, 0.2) is 18.2 Å². The number of hydrogen-bond acceptors (Lipinski definition) is 2. The lowest BCUT2D eigenvalue weighted by Gasteiger charge is -2.13. The minimum absolute atomic E-state index is 0.0621. The van der Waals surface area contributed by atoms with Gasteiger partial charge in [0.15, 0.2) is 5.78 Å². The van der Waals surface area contributed by atoms with Gasteiger partial charge in [0.2, 0.25) is 0 Å². The Bertz CT molecular complexity index is 864. The molecule has 1 fully saturated rings. The summed E-state index contributed by atoms with van der Waals surface area (Å²) in [6.45, 7) is 2.19. The number of benzene rings is 1. The maximum atomic E-state index is 13.3. The number of carboxylic acids is 1. The van der Waals surface area contributed by atoms with Gasteiger partial charge in [0, 0.05) is 40.7 Å². The Balaban J connectivity index is 1.94. The number of aromatic nitrogens is 1. The Hall–Kier alpha value is -1.81. The summed E-state index contributed by atoms with van der Waals surface area (Å²) < 4.78 is 2.11. The van der Waals surface area contributed by atoms with Crippen LogP contribution >= 0.6 is 11.6 Å². The summed E-state index contributed by atoms with van der Waals surface area (Å²) in [4.78, 5) is 24.5. The fraction of sp³-hybridized carbons (Fsp3) is 0.545. The third-order valence-corrected chi connectivity index (χ3v) is 6.08. The molecule has 1 heterocycles. The molecule has 0 spiro atoms. The molecule has 0 radical (unpaired) electrons. The Kier molecular flexibility index (Phi) is 5.95. The maximum absolute atomic E-state index is 13.3. The molecule has 1 aliphatic carbocycles. The summed E-state index contributed by atoms with van der Waals surface area (Å²) in [5, 5.41) is 10.7. The number of Topliss-reactive ketones (excluding diaryl/α,β-unsaturated/α-hetero) is 1. The maximum Gasteiger partial charge on any atom is 0.303 e. The number of fused-ring (bicyclic) bond motifs is 1. The van der Waals surface area contributed by atoms with Crippen LogP contribution in [0.25, 0.3) is 10.9 Å². The van der Waals surface area contributed by atoms with Gasteiger partial charge in [-0.15, -0.1) is 0 Å². The van der Waals surface area contributed by atoms with Crippen molar-refractivity contribution in [1.82, 2.24) is 4.57 Å². The molecule has 1 N–H and O–H groups in total. The van der Waals surface area contributed by atoms with E-state index in [1.165, 1.54) is 12.8 Å². The molecule has 0 unspecified atom stereocenters. The van der Waals surface area contributed by atoms with Crippen molar-refractivity contribution < 1.29 is 14.7 Å². The number of rotatable bonds is 10. The first-order valence-electron chi connectivity index (χ1n) is 9.89. The van der Waals surface area contributed by atoms with Gasteiger partial charge in [-0.2, -0.15) is 0 Å². The number of carbonyl (C=O) groups excluding carboxylic acids is 1. The second-order valence-corrected chi connectivity index (χ2v) is 8.46. The third-order valence-electron chi connectivity index (χ3n) is 5.85. The molecule has 5 heteroatoms. The van der Waals surface area contributed by atoms with Crippen molar-refractivity contribution >= 4 is 34.3 Å². The fourth-order valence-electron chi connectivity index (χ4n) is 4.14. The number of ketones is 1. The minimum Gasteiger partial charge on any atom is -0.481 e.